The molecule has 0 radical (unpaired) electrons. The van der Waals surface area contributed by atoms with Gasteiger partial charge in [-0.2, -0.15) is 0 Å². The first-order valence-corrected chi connectivity index (χ1v) is 7.42. The first kappa shape index (κ1) is 17.4. The van der Waals surface area contributed by atoms with Crippen LogP contribution in [0.15, 0.2) is 12.3 Å². The summed E-state index contributed by atoms with van der Waals surface area (Å²) >= 11 is 0. The summed E-state index contributed by atoms with van der Waals surface area (Å²) < 4.78 is 10.9. The zero-order valence-corrected chi connectivity index (χ0v) is 13.7. The maximum Gasteiger partial charge on any atom is 0.256 e. The molecule has 0 fully saturated rings. The van der Waals surface area contributed by atoms with Crippen molar-refractivity contribution < 1.29 is 14.3 Å². The highest BCUT2D eigenvalue weighted by atomic mass is 16.5. The predicted octanol–water partition coefficient (Wildman–Crippen LogP) is 3.32. The summed E-state index contributed by atoms with van der Waals surface area (Å²) in [5.74, 6) is 0.452. The quantitative estimate of drug-likeness (QED) is 0.799. The molecule has 0 bridgehead atoms. The van der Waals surface area contributed by atoms with E-state index in [1.807, 2.05) is 26.8 Å². The van der Waals surface area contributed by atoms with Gasteiger partial charge >= 0.3 is 0 Å². The number of aryl methyl sites for hydroxylation is 1. The van der Waals surface area contributed by atoms with Gasteiger partial charge in [0.25, 0.3) is 5.91 Å². The Kier molecular flexibility index (Phi) is 6.62. The Bertz CT molecular complexity index is 477. The van der Waals surface area contributed by atoms with Crippen LogP contribution in [0.2, 0.25) is 0 Å². The van der Waals surface area contributed by atoms with Crippen LogP contribution in [-0.2, 0) is 9.53 Å². The predicted molar refractivity (Wildman–Crippen MR) is 83.7 cm³/mol. The van der Waals surface area contributed by atoms with Crippen molar-refractivity contribution in [3.8, 4) is 5.88 Å². The first-order valence-electron chi connectivity index (χ1n) is 7.42. The van der Waals surface area contributed by atoms with Crippen LogP contribution in [0.5, 0.6) is 5.88 Å². The molecule has 1 rings (SSSR count). The van der Waals surface area contributed by atoms with Gasteiger partial charge in [-0.1, -0.05) is 20.3 Å². The second-order valence-electron chi connectivity index (χ2n) is 5.33. The number of rotatable bonds is 8. The van der Waals surface area contributed by atoms with E-state index in [2.05, 4.69) is 10.3 Å². The average molecular weight is 294 g/mol. The van der Waals surface area contributed by atoms with E-state index >= 15 is 0 Å². The molecule has 0 aliphatic heterocycles. The molecule has 1 N–H and O–H groups in total. The van der Waals surface area contributed by atoms with Crippen LogP contribution >= 0.6 is 0 Å². The Hall–Kier alpha value is -1.62. The second kappa shape index (κ2) is 7.98. The van der Waals surface area contributed by atoms with E-state index in [1.54, 1.807) is 20.2 Å². The van der Waals surface area contributed by atoms with Gasteiger partial charge in [-0.15, -0.1) is 0 Å². The van der Waals surface area contributed by atoms with Crippen molar-refractivity contribution in [3.05, 3.63) is 17.8 Å². The summed E-state index contributed by atoms with van der Waals surface area (Å²) in [6.45, 7) is 8.41. The molecule has 1 atom stereocenters. The lowest BCUT2D eigenvalue weighted by Crippen LogP contribution is -2.41. The van der Waals surface area contributed by atoms with E-state index in [4.69, 9.17) is 9.47 Å². The molecule has 0 aliphatic rings. The third kappa shape index (κ3) is 4.70. The molecule has 118 valence electrons. The molecule has 1 aromatic rings. The number of nitrogens with zero attached hydrogens (tertiary/aromatic N) is 1. The van der Waals surface area contributed by atoms with Crippen LogP contribution in [-0.4, -0.2) is 30.2 Å². The van der Waals surface area contributed by atoms with Crippen molar-refractivity contribution in [2.45, 2.75) is 52.6 Å². The van der Waals surface area contributed by atoms with Gasteiger partial charge < -0.3 is 14.8 Å². The number of hydrogen-bond donors (Lipinski definition) is 1. The highest BCUT2D eigenvalue weighted by molar-refractivity contribution is 5.97. The lowest BCUT2D eigenvalue weighted by molar-refractivity contribution is -0.136. The van der Waals surface area contributed by atoms with Crippen LogP contribution < -0.4 is 10.1 Å². The van der Waals surface area contributed by atoms with Crippen molar-refractivity contribution in [1.29, 1.82) is 0 Å². The highest BCUT2D eigenvalue weighted by Crippen LogP contribution is 2.22. The van der Waals surface area contributed by atoms with E-state index in [1.165, 1.54) is 0 Å². The molecule has 0 saturated heterocycles. The fourth-order valence-electron chi connectivity index (χ4n) is 2.03. The number of amides is 1. The maximum absolute atomic E-state index is 12.3. The fourth-order valence-corrected chi connectivity index (χ4v) is 2.03. The summed E-state index contributed by atoms with van der Waals surface area (Å²) in [5, 5.41) is 2.86. The van der Waals surface area contributed by atoms with Crippen LogP contribution in [0.4, 0.5) is 5.69 Å². The maximum atomic E-state index is 12.3. The Morgan fingerprint density at radius 1 is 1.38 bits per heavy atom. The molecule has 5 heteroatoms. The normalized spacial score (nSPS) is 13.6. The molecule has 21 heavy (non-hydrogen) atoms. The van der Waals surface area contributed by atoms with Crippen molar-refractivity contribution in [2.24, 2.45) is 0 Å². The van der Waals surface area contributed by atoms with Gasteiger partial charge in [0.05, 0.1) is 18.5 Å². The van der Waals surface area contributed by atoms with Crippen molar-refractivity contribution >= 4 is 11.6 Å². The molecule has 0 unspecified atom stereocenters. The van der Waals surface area contributed by atoms with E-state index < -0.39 is 5.60 Å². The molecule has 0 aliphatic carbocycles. The lowest BCUT2D eigenvalue weighted by atomic mass is 9.99. The zero-order valence-electron chi connectivity index (χ0n) is 13.7. The Labute approximate surface area is 127 Å². The second-order valence-corrected chi connectivity index (χ2v) is 5.33. The van der Waals surface area contributed by atoms with E-state index in [0.29, 0.717) is 24.6 Å². The molecule has 1 heterocycles. The van der Waals surface area contributed by atoms with E-state index in [9.17, 15) is 4.79 Å². The van der Waals surface area contributed by atoms with Crippen LogP contribution in [0.25, 0.3) is 0 Å². The monoisotopic (exact) mass is 294 g/mol. The number of carbonyl (C=O) groups is 1. The SMILES string of the molecule is CCCOc1ncc(NC(=O)[C@@](C)(CCC)OC)cc1C. The number of aromatic nitrogens is 1. The number of nitrogens with one attached hydrogen (secondary N) is 1. The standard InChI is InChI=1S/C16H26N2O3/c1-6-8-16(4,20-5)15(19)18-13-10-12(3)14(17-11-13)21-9-7-2/h10-11H,6-9H2,1-5H3,(H,18,19)/t16-/m1/s1. The largest absolute Gasteiger partial charge is 0.477 e. The summed E-state index contributed by atoms with van der Waals surface area (Å²) in [5.41, 5.74) is 0.733. The van der Waals surface area contributed by atoms with Crippen molar-refractivity contribution in [3.63, 3.8) is 0 Å². The molecule has 5 nitrogen and oxygen atoms in total. The lowest BCUT2D eigenvalue weighted by Gasteiger charge is -2.26. The highest BCUT2D eigenvalue weighted by Gasteiger charge is 2.32. The number of pyridine rings is 1. The van der Waals surface area contributed by atoms with Gasteiger partial charge in [0.1, 0.15) is 5.60 Å². The summed E-state index contributed by atoms with van der Waals surface area (Å²) in [4.78, 5) is 16.6. The number of hydrogen-bond acceptors (Lipinski definition) is 4. The molecule has 1 amide bonds. The molecule has 0 spiro atoms. The first-order chi connectivity index (χ1) is 9.96. The van der Waals surface area contributed by atoms with Crippen molar-refractivity contribution in [1.82, 2.24) is 4.98 Å². The number of methoxy groups -OCH3 is 1. The zero-order chi connectivity index (χ0) is 15.9. The van der Waals surface area contributed by atoms with Gasteiger partial charge in [0.15, 0.2) is 0 Å². The fraction of sp³-hybridized carbons (Fsp3) is 0.625. The third-order valence-electron chi connectivity index (χ3n) is 3.39. The molecule has 0 saturated carbocycles. The summed E-state index contributed by atoms with van der Waals surface area (Å²) in [6.07, 6.45) is 4.08. The topological polar surface area (TPSA) is 60.5 Å². The van der Waals surface area contributed by atoms with Gasteiger partial charge in [0, 0.05) is 12.7 Å². The average Bonchev–Trinajstić information content (AvgIpc) is 2.46. The number of carbonyl (C=O) groups excluding carboxylic acids is 1. The minimum Gasteiger partial charge on any atom is -0.477 e. The minimum absolute atomic E-state index is 0.157. The third-order valence-corrected chi connectivity index (χ3v) is 3.39. The molecule has 1 aromatic heterocycles. The molecular weight excluding hydrogens is 268 g/mol. The van der Waals surface area contributed by atoms with Crippen LogP contribution in [0.1, 0.15) is 45.6 Å². The smallest absolute Gasteiger partial charge is 0.256 e. The molecule has 0 aromatic carbocycles. The van der Waals surface area contributed by atoms with Gasteiger partial charge in [-0.25, -0.2) is 4.98 Å². The van der Waals surface area contributed by atoms with Gasteiger partial charge in [-0.3, -0.25) is 4.79 Å². The van der Waals surface area contributed by atoms with Crippen molar-refractivity contribution in [2.75, 3.05) is 19.0 Å². The number of anilines is 1. The minimum atomic E-state index is -0.819. The van der Waals surface area contributed by atoms with Gasteiger partial charge in [-0.05, 0) is 32.8 Å². The Balaban J connectivity index is 2.79. The van der Waals surface area contributed by atoms with Gasteiger partial charge in [0.2, 0.25) is 5.88 Å². The molecular formula is C16H26N2O3. The summed E-state index contributed by atoms with van der Waals surface area (Å²) in [6, 6.07) is 1.86. The Morgan fingerprint density at radius 2 is 2.10 bits per heavy atom. The summed E-state index contributed by atoms with van der Waals surface area (Å²) in [7, 11) is 1.56. The van der Waals surface area contributed by atoms with E-state index in [0.717, 1.165) is 18.4 Å². The Morgan fingerprint density at radius 3 is 2.62 bits per heavy atom. The van der Waals surface area contributed by atoms with Crippen LogP contribution in [0.3, 0.4) is 0 Å². The number of ether oxygens (including phenoxy) is 2. The van der Waals surface area contributed by atoms with E-state index in [-0.39, 0.29) is 5.91 Å². The van der Waals surface area contributed by atoms with Crippen LogP contribution in [0, 0.1) is 6.92 Å².